The van der Waals surface area contributed by atoms with Crippen LogP contribution in [-0.4, -0.2) is 6.61 Å². The van der Waals surface area contributed by atoms with E-state index in [0.29, 0.717) is 0 Å². The molecule has 0 amide bonds. The number of ether oxygens (including phenoxy) is 1. The Morgan fingerprint density at radius 1 is 1.24 bits per heavy atom. The summed E-state index contributed by atoms with van der Waals surface area (Å²) < 4.78 is 5.65. The number of nitrogens with one attached hydrogen (secondary N) is 1. The van der Waals surface area contributed by atoms with E-state index < -0.39 is 0 Å². The Hall–Kier alpha value is -1.06. The van der Waals surface area contributed by atoms with E-state index in [0.717, 1.165) is 36.5 Å². The van der Waals surface area contributed by atoms with Crippen molar-refractivity contribution < 1.29 is 4.74 Å². The predicted molar refractivity (Wildman–Crippen MR) is 85.8 cm³/mol. The smallest absolute Gasteiger partial charge is 0.119 e. The van der Waals surface area contributed by atoms with Gasteiger partial charge in [0.15, 0.2) is 0 Å². The molecule has 3 rings (SSSR count). The van der Waals surface area contributed by atoms with Crippen molar-refractivity contribution in [1.29, 1.82) is 0 Å². The Bertz CT molecular complexity index is 445. The summed E-state index contributed by atoms with van der Waals surface area (Å²) in [5.41, 5.74) is 4.31. The highest BCUT2D eigenvalue weighted by Gasteiger charge is 2.40. The monoisotopic (exact) mass is 288 g/mol. The van der Waals surface area contributed by atoms with Gasteiger partial charge in [0.2, 0.25) is 0 Å². The summed E-state index contributed by atoms with van der Waals surface area (Å²) in [7, 11) is 0. The van der Waals surface area contributed by atoms with Gasteiger partial charge >= 0.3 is 0 Å². The third kappa shape index (κ3) is 3.41. The maximum absolute atomic E-state index is 5.82. The minimum Gasteiger partial charge on any atom is -0.494 e. The minimum atomic E-state index is 0.273. The third-order valence-corrected chi connectivity index (χ3v) is 5.38. The first-order valence-electron chi connectivity index (χ1n) is 8.49. The first-order valence-corrected chi connectivity index (χ1v) is 8.49. The predicted octanol–water partition coefficient (Wildman–Crippen LogP) is 3.81. The lowest BCUT2D eigenvalue weighted by molar-refractivity contribution is 0.280. The van der Waals surface area contributed by atoms with E-state index in [2.05, 4.69) is 36.6 Å². The number of hydrogen-bond acceptors (Lipinski definition) is 3. The Morgan fingerprint density at radius 2 is 2.05 bits per heavy atom. The fraction of sp³-hybridized carbons (Fsp3) is 0.667. The fourth-order valence-electron chi connectivity index (χ4n) is 4.28. The topological polar surface area (TPSA) is 47.3 Å². The molecule has 116 valence electrons. The van der Waals surface area contributed by atoms with Crippen LogP contribution < -0.4 is 16.0 Å². The van der Waals surface area contributed by atoms with Gasteiger partial charge in [-0.3, -0.25) is 11.3 Å². The van der Waals surface area contributed by atoms with Crippen LogP contribution in [0.1, 0.15) is 57.1 Å². The van der Waals surface area contributed by atoms with E-state index in [1.807, 2.05) is 0 Å². The third-order valence-electron chi connectivity index (χ3n) is 5.38. The quantitative estimate of drug-likeness (QED) is 0.592. The standard InChI is InChI=1S/C18H28N2O/c1-2-9-21-17-7-5-14(6-8-17)18(20-19)12-16-11-13-3-4-15(16)10-13/h5-8,13,15-16,18,20H,2-4,9-12,19H2,1H3. The Labute approximate surface area is 128 Å². The summed E-state index contributed by atoms with van der Waals surface area (Å²) in [4.78, 5) is 0. The van der Waals surface area contributed by atoms with Gasteiger partial charge in [-0.1, -0.05) is 25.5 Å². The van der Waals surface area contributed by atoms with Crippen LogP contribution in [0.4, 0.5) is 0 Å². The summed E-state index contributed by atoms with van der Waals surface area (Å²) in [6.45, 7) is 2.90. The number of rotatable bonds is 7. The first kappa shape index (κ1) is 14.9. The minimum absolute atomic E-state index is 0.273. The van der Waals surface area contributed by atoms with E-state index >= 15 is 0 Å². The van der Waals surface area contributed by atoms with Crippen LogP contribution in [0.25, 0.3) is 0 Å². The van der Waals surface area contributed by atoms with Crippen molar-refractivity contribution in [2.75, 3.05) is 6.61 Å². The second kappa shape index (κ2) is 6.80. The zero-order chi connectivity index (χ0) is 14.7. The zero-order valence-corrected chi connectivity index (χ0v) is 13.1. The van der Waals surface area contributed by atoms with Crippen LogP contribution in [0, 0.1) is 17.8 Å². The van der Waals surface area contributed by atoms with Crippen molar-refractivity contribution in [2.45, 2.75) is 51.5 Å². The van der Waals surface area contributed by atoms with Crippen molar-refractivity contribution in [3.8, 4) is 5.75 Å². The second-order valence-electron chi connectivity index (χ2n) is 6.81. The lowest BCUT2D eigenvalue weighted by Crippen LogP contribution is -2.30. The average Bonchev–Trinajstić information content (AvgIpc) is 3.14. The molecule has 0 aliphatic heterocycles. The van der Waals surface area contributed by atoms with Gasteiger partial charge in [-0.15, -0.1) is 0 Å². The largest absolute Gasteiger partial charge is 0.494 e. The Morgan fingerprint density at radius 3 is 2.62 bits per heavy atom. The number of hydrazine groups is 1. The summed E-state index contributed by atoms with van der Waals surface area (Å²) in [5, 5.41) is 0. The van der Waals surface area contributed by atoms with Crippen molar-refractivity contribution in [1.82, 2.24) is 5.43 Å². The van der Waals surface area contributed by atoms with Gasteiger partial charge in [0.05, 0.1) is 6.61 Å². The van der Waals surface area contributed by atoms with Crippen LogP contribution >= 0.6 is 0 Å². The Balaban J connectivity index is 1.60. The molecule has 21 heavy (non-hydrogen) atoms. The summed E-state index contributed by atoms with van der Waals surface area (Å²) >= 11 is 0. The van der Waals surface area contributed by atoms with E-state index in [9.17, 15) is 0 Å². The molecular formula is C18H28N2O. The number of nitrogens with two attached hydrogens (primary N) is 1. The van der Waals surface area contributed by atoms with Crippen LogP contribution in [0.5, 0.6) is 5.75 Å². The van der Waals surface area contributed by atoms with Gasteiger partial charge in [-0.2, -0.15) is 0 Å². The molecule has 2 aliphatic carbocycles. The number of benzene rings is 1. The van der Waals surface area contributed by atoms with E-state index in [-0.39, 0.29) is 6.04 Å². The van der Waals surface area contributed by atoms with Crippen molar-refractivity contribution >= 4 is 0 Å². The molecule has 3 N–H and O–H groups in total. The molecule has 0 aromatic heterocycles. The highest BCUT2D eigenvalue weighted by molar-refractivity contribution is 5.29. The lowest BCUT2D eigenvalue weighted by Gasteiger charge is -2.26. The van der Waals surface area contributed by atoms with Crippen LogP contribution in [0.15, 0.2) is 24.3 Å². The Kier molecular flexibility index (Phi) is 4.81. The molecule has 2 bridgehead atoms. The van der Waals surface area contributed by atoms with Gasteiger partial charge < -0.3 is 4.74 Å². The highest BCUT2D eigenvalue weighted by atomic mass is 16.5. The van der Waals surface area contributed by atoms with Crippen LogP contribution in [0.3, 0.4) is 0 Å². The highest BCUT2D eigenvalue weighted by Crippen LogP contribution is 2.50. The average molecular weight is 288 g/mol. The van der Waals surface area contributed by atoms with Gasteiger partial charge in [0.1, 0.15) is 5.75 Å². The molecule has 1 aromatic rings. The van der Waals surface area contributed by atoms with Crippen molar-refractivity contribution in [3.63, 3.8) is 0 Å². The molecule has 0 spiro atoms. The SMILES string of the molecule is CCCOc1ccc(C(CC2CC3CCC2C3)NN)cc1. The molecule has 4 unspecified atom stereocenters. The van der Waals surface area contributed by atoms with Gasteiger partial charge in [0, 0.05) is 6.04 Å². The van der Waals surface area contributed by atoms with Gasteiger partial charge in [-0.25, -0.2) is 0 Å². The number of fused-ring (bicyclic) bond motifs is 2. The molecule has 0 heterocycles. The van der Waals surface area contributed by atoms with Crippen LogP contribution in [0.2, 0.25) is 0 Å². The van der Waals surface area contributed by atoms with E-state index in [1.165, 1.54) is 37.7 Å². The zero-order valence-electron chi connectivity index (χ0n) is 13.1. The van der Waals surface area contributed by atoms with Gasteiger partial charge in [-0.05, 0) is 67.6 Å². The molecular weight excluding hydrogens is 260 g/mol. The fourth-order valence-corrected chi connectivity index (χ4v) is 4.28. The summed E-state index contributed by atoms with van der Waals surface area (Å²) in [5.74, 6) is 9.59. The normalized spacial score (nSPS) is 28.8. The summed E-state index contributed by atoms with van der Waals surface area (Å²) in [6.07, 6.45) is 8.00. The molecule has 1 aromatic carbocycles. The van der Waals surface area contributed by atoms with E-state index in [1.54, 1.807) is 0 Å². The molecule has 3 heteroatoms. The molecule has 4 atom stereocenters. The molecule has 2 saturated carbocycles. The maximum atomic E-state index is 5.82. The van der Waals surface area contributed by atoms with Crippen molar-refractivity contribution in [3.05, 3.63) is 29.8 Å². The van der Waals surface area contributed by atoms with E-state index in [4.69, 9.17) is 10.6 Å². The lowest BCUT2D eigenvalue weighted by atomic mass is 9.83. The number of hydrogen-bond donors (Lipinski definition) is 2. The first-order chi connectivity index (χ1) is 10.3. The van der Waals surface area contributed by atoms with Crippen LogP contribution in [-0.2, 0) is 0 Å². The molecule has 0 saturated heterocycles. The molecule has 3 nitrogen and oxygen atoms in total. The van der Waals surface area contributed by atoms with Crippen molar-refractivity contribution in [2.24, 2.45) is 23.6 Å². The molecule has 2 fully saturated rings. The maximum Gasteiger partial charge on any atom is 0.119 e. The summed E-state index contributed by atoms with van der Waals surface area (Å²) in [6, 6.07) is 8.71. The molecule has 0 radical (unpaired) electrons. The van der Waals surface area contributed by atoms with Gasteiger partial charge in [0.25, 0.3) is 0 Å². The second-order valence-corrected chi connectivity index (χ2v) is 6.81. The molecule has 2 aliphatic rings.